The largest absolute Gasteiger partial charge is 0.457 e. The maximum Gasteiger partial charge on any atom is 0.127 e. The van der Waals surface area contributed by atoms with Gasteiger partial charge in [-0.3, -0.25) is 0 Å². The van der Waals surface area contributed by atoms with Crippen LogP contribution in [0.4, 0.5) is 0 Å². The van der Waals surface area contributed by atoms with Gasteiger partial charge >= 0.3 is 0 Å². The van der Waals surface area contributed by atoms with Crippen LogP contribution in [0.25, 0.3) is 0 Å². The zero-order valence-electron chi connectivity index (χ0n) is 12.3. The van der Waals surface area contributed by atoms with Crippen LogP contribution in [0.3, 0.4) is 0 Å². The molecule has 0 saturated heterocycles. The maximum atomic E-state index is 5.85. The molecule has 1 atom stereocenters. The van der Waals surface area contributed by atoms with Crippen LogP contribution in [0.1, 0.15) is 24.5 Å². The number of hydrogen-bond donors (Lipinski definition) is 1. The number of ether oxygens (including phenoxy) is 1. The van der Waals surface area contributed by atoms with Crippen LogP contribution in [0.2, 0.25) is 0 Å². The topological polar surface area (TPSA) is 35.2 Å². The number of nitrogens with two attached hydrogens (primary N) is 1. The molecule has 0 fully saturated rings. The lowest BCUT2D eigenvalue weighted by Crippen LogP contribution is -2.08. The lowest BCUT2D eigenvalue weighted by Gasteiger charge is -2.13. The van der Waals surface area contributed by atoms with Crippen molar-refractivity contribution in [1.29, 1.82) is 0 Å². The van der Waals surface area contributed by atoms with Crippen molar-refractivity contribution in [2.75, 3.05) is 6.54 Å². The average molecular weight is 269 g/mol. The molecular weight excluding hydrogens is 246 g/mol. The molecule has 0 aliphatic carbocycles. The molecule has 0 radical (unpaired) electrons. The van der Waals surface area contributed by atoms with Crippen LogP contribution < -0.4 is 10.5 Å². The van der Waals surface area contributed by atoms with Crippen LogP contribution in [0, 0.1) is 12.8 Å². The lowest BCUT2D eigenvalue weighted by atomic mass is 9.95. The minimum atomic E-state index is 0.625. The van der Waals surface area contributed by atoms with Gasteiger partial charge in [0.1, 0.15) is 11.5 Å². The van der Waals surface area contributed by atoms with E-state index >= 15 is 0 Å². The molecule has 0 spiro atoms. The van der Waals surface area contributed by atoms with Crippen LogP contribution in [0.15, 0.2) is 48.5 Å². The number of para-hydroxylation sites is 1. The van der Waals surface area contributed by atoms with Crippen LogP contribution in [0.5, 0.6) is 11.5 Å². The molecule has 1 unspecified atom stereocenters. The summed E-state index contributed by atoms with van der Waals surface area (Å²) in [5.41, 5.74) is 8.27. The van der Waals surface area contributed by atoms with Crippen molar-refractivity contribution >= 4 is 0 Å². The second-order valence-electron chi connectivity index (χ2n) is 5.39. The first kappa shape index (κ1) is 14.6. The van der Waals surface area contributed by atoms with E-state index in [9.17, 15) is 0 Å². The van der Waals surface area contributed by atoms with Crippen molar-refractivity contribution in [3.63, 3.8) is 0 Å². The molecule has 0 saturated carbocycles. The van der Waals surface area contributed by atoms with Gasteiger partial charge in [-0.05, 0) is 67.6 Å². The molecule has 2 heteroatoms. The highest BCUT2D eigenvalue weighted by atomic mass is 16.5. The molecule has 0 bridgehead atoms. The molecule has 0 aliphatic rings. The van der Waals surface area contributed by atoms with Gasteiger partial charge in [-0.2, -0.15) is 0 Å². The van der Waals surface area contributed by atoms with Crippen LogP contribution >= 0.6 is 0 Å². The van der Waals surface area contributed by atoms with Crippen molar-refractivity contribution in [2.24, 2.45) is 11.7 Å². The Morgan fingerprint density at radius 1 is 1.05 bits per heavy atom. The molecule has 2 N–H and O–H groups in total. The quantitative estimate of drug-likeness (QED) is 0.848. The van der Waals surface area contributed by atoms with E-state index in [2.05, 4.69) is 26.0 Å². The monoisotopic (exact) mass is 269 g/mol. The molecule has 106 valence electrons. The molecule has 2 aromatic carbocycles. The van der Waals surface area contributed by atoms with Crippen molar-refractivity contribution < 1.29 is 4.74 Å². The predicted octanol–water partition coefficient (Wildman–Crippen LogP) is 4.31. The standard InChI is InChI=1S/C18H23NO/c1-14(10-11-19)12-16-8-9-18(13-15(16)2)20-17-6-4-3-5-7-17/h3-9,13-14H,10-12,19H2,1-2H3. The van der Waals surface area contributed by atoms with E-state index in [1.54, 1.807) is 0 Å². The highest BCUT2D eigenvalue weighted by Crippen LogP contribution is 2.25. The highest BCUT2D eigenvalue weighted by molar-refractivity contribution is 5.38. The zero-order valence-corrected chi connectivity index (χ0v) is 12.3. The molecule has 0 aliphatic heterocycles. The SMILES string of the molecule is Cc1cc(Oc2ccccc2)ccc1CC(C)CCN. The van der Waals surface area contributed by atoms with Gasteiger partial charge in [0, 0.05) is 0 Å². The molecule has 2 nitrogen and oxygen atoms in total. The Morgan fingerprint density at radius 2 is 1.80 bits per heavy atom. The minimum absolute atomic E-state index is 0.625. The van der Waals surface area contributed by atoms with E-state index in [-0.39, 0.29) is 0 Å². The van der Waals surface area contributed by atoms with Gasteiger partial charge in [-0.1, -0.05) is 31.2 Å². The highest BCUT2D eigenvalue weighted by Gasteiger charge is 2.07. The molecule has 20 heavy (non-hydrogen) atoms. The van der Waals surface area contributed by atoms with Crippen molar-refractivity contribution in [3.05, 3.63) is 59.7 Å². The van der Waals surface area contributed by atoms with E-state index in [1.807, 2.05) is 36.4 Å². The molecular formula is C18H23NO. The molecule has 0 aromatic heterocycles. The Balaban J connectivity index is 2.06. The molecule has 2 rings (SSSR count). The Labute approximate surface area is 121 Å². The Hall–Kier alpha value is -1.80. The van der Waals surface area contributed by atoms with E-state index < -0.39 is 0 Å². The van der Waals surface area contributed by atoms with Gasteiger partial charge in [0.05, 0.1) is 0 Å². The summed E-state index contributed by atoms with van der Waals surface area (Å²) in [5.74, 6) is 2.39. The zero-order chi connectivity index (χ0) is 14.4. The van der Waals surface area contributed by atoms with Gasteiger partial charge in [-0.15, -0.1) is 0 Å². The fourth-order valence-corrected chi connectivity index (χ4v) is 2.35. The summed E-state index contributed by atoms with van der Waals surface area (Å²) in [5, 5.41) is 0. The van der Waals surface area contributed by atoms with Crippen LogP contribution in [-0.4, -0.2) is 6.54 Å². The summed E-state index contributed by atoms with van der Waals surface area (Å²) in [6.07, 6.45) is 2.15. The van der Waals surface area contributed by atoms with Gasteiger partial charge < -0.3 is 10.5 Å². The summed E-state index contributed by atoms with van der Waals surface area (Å²) in [7, 11) is 0. The number of benzene rings is 2. The second kappa shape index (κ2) is 7.11. The first-order chi connectivity index (χ1) is 9.69. The van der Waals surface area contributed by atoms with E-state index in [0.29, 0.717) is 5.92 Å². The van der Waals surface area contributed by atoms with Crippen molar-refractivity contribution in [3.8, 4) is 11.5 Å². The summed E-state index contributed by atoms with van der Waals surface area (Å²) < 4.78 is 5.85. The van der Waals surface area contributed by atoms with Crippen molar-refractivity contribution in [2.45, 2.75) is 26.7 Å². The Kier molecular flexibility index (Phi) is 5.19. The molecule has 0 amide bonds. The minimum Gasteiger partial charge on any atom is -0.457 e. The third-order valence-corrected chi connectivity index (χ3v) is 3.52. The average Bonchev–Trinajstić information content (AvgIpc) is 2.43. The number of aryl methyl sites for hydroxylation is 1. The first-order valence-electron chi connectivity index (χ1n) is 7.21. The van der Waals surface area contributed by atoms with Gasteiger partial charge in [0.25, 0.3) is 0 Å². The first-order valence-corrected chi connectivity index (χ1v) is 7.21. The Morgan fingerprint density at radius 3 is 2.45 bits per heavy atom. The lowest BCUT2D eigenvalue weighted by molar-refractivity contribution is 0.481. The predicted molar refractivity (Wildman–Crippen MR) is 84.2 cm³/mol. The van der Waals surface area contributed by atoms with Gasteiger partial charge in [0.2, 0.25) is 0 Å². The maximum absolute atomic E-state index is 5.85. The number of rotatable bonds is 6. The fourth-order valence-electron chi connectivity index (χ4n) is 2.35. The van der Waals surface area contributed by atoms with Gasteiger partial charge in [0.15, 0.2) is 0 Å². The van der Waals surface area contributed by atoms with Crippen LogP contribution in [-0.2, 0) is 6.42 Å². The summed E-state index contributed by atoms with van der Waals surface area (Å²) in [6, 6.07) is 16.2. The summed E-state index contributed by atoms with van der Waals surface area (Å²) in [4.78, 5) is 0. The Bertz CT molecular complexity index is 536. The summed E-state index contributed by atoms with van der Waals surface area (Å²) in [6.45, 7) is 5.15. The fraction of sp³-hybridized carbons (Fsp3) is 0.333. The number of hydrogen-bond acceptors (Lipinski definition) is 2. The normalized spacial score (nSPS) is 12.2. The third-order valence-electron chi connectivity index (χ3n) is 3.52. The third kappa shape index (κ3) is 4.10. The van der Waals surface area contributed by atoms with E-state index in [0.717, 1.165) is 30.9 Å². The second-order valence-corrected chi connectivity index (χ2v) is 5.39. The van der Waals surface area contributed by atoms with E-state index in [4.69, 9.17) is 10.5 Å². The smallest absolute Gasteiger partial charge is 0.127 e. The summed E-state index contributed by atoms with van der Waals surface area (Å²) >= 11 is 0. The van der Waals surface area contributed by atoms with Crippen molar-refractivity contribution in [1.82, 2.24) is 0 Å². The van der Waals surface area contributed by atoms with E-state index in [1.165, 1.54) is 11.1 Å². The molecule has 2 aromatic rings. The molecule has 0 heterocycles. The van der Waals surface area contributed by atoms with Gasteiger partial charge in [-0.25, -0.2) is 0 Å².